The summed E-state index contributed by atoms with van der Waals surface area (Å²) in [6, 6.07) is 7.58. The van der Waals surface area contributed by atoms with Gasteiger partial charge in [-0.2, -0.15) is 0 Å². The maximum absolute atomic E-state index is 12.0. The number of ether oxygens (including phenoxy) is 1. The minimum atomic E-state index is -0.312. The van der Waals surface area contributed by atoms with Gasteiger partial charge in [-0.1, -0.05) is 22.9 Å². The molecule has 0 spiro atoms. The molecule has 1 aromatic carbocycles. The molecule has 0 atom stereocenters. The highest BCUT2D eigenvalue weighted by Crippen LogP contribution is 2.32. The second-order valence-corrected chi connectivity index (χ2v) is 5.00. The Morgan fingerprint density at radius 1 is 1.44 bits per heavy atom. The van der Waals surface area contributed by atoms with Gasteiger partial charge >= 0.3 is 0 Å². The molecule has 0 bridgehead atoms. The Hall–Kier alpha value is -0.870. The van der Waals surface area contributed by atoms with E-state index in [9.17, 15) is 4.79 Å². The molecule has 0 unspecified atom stereocenters. The van der Waals surface area contributed by atoms with E-state index in [1.165, 1.54) is 0 Å². The van der Waals surface area contributed by atoms with Crippen LogP contribution in [0.25, 0.3) is 0 Å². The van der Waals surface area contributed by atoms with E-state index in [1.54, 1.807) is 0 Å². The fourth-order valence-corrected chi connectivity index (χ4v) is 1.91. The Bertz CT molecular complexity index is 379. The molecule has 1 aliphatic rings. The van der Waals surface area contributed by atoms with Gasteiger partial charge in [-0.05, 0) is 30.7 Å². The van der Waals surface area contributed by atoms with Gasteiger partial charge < -0.3 is 10.1 Å². The van der Waals surface area contributed by atoms with Gasteiger partial charge in [0.15, 0.2) is 0 Å². The Morgan fingerprint density at radius 3 is 2.50 bits per heavy atom. The summed E-state index contributed by atoms with van der Waals surface area (Å²) in [5.41, 5.74) is 0.514. The van der Waals surface area contributed by atoms with Crippen LogP contribution in [0, 0.1) is 5.41 Å². The summed E-state index contributed by atoms with van der Waals surface area (Å²) in [5, 5.41) is 2.92. The van der Waals surface area contributed by atoms with Crippen molar-refractivity contribution in [1.29, 1.82) is 0 Å². The number of anilines is 1. The van der Waals surface area contributed by atoms with E-state index in [-0.39, 0.29) is 11.3 Å². The zero-order valence-corrected chi connectivity index (χ0v) is 10.7. The molecule has 0 aliphatic carbocycles. The zero-order valence-electron chi connectivity index (χ0n) is 9.13. The zero-order chi connectivity index (χ0) is 11.6. The molecular formula is C12H14BrNO2. The maximum atomic E-state index is 12.0. The van der Waals surface area contributed by atoms with Crippen molar-refractivity contribution in [2.45, 2.75) is 13.3 Å². The molecule has 1 aromatic rings. The number of rotatable bonds is 3. The van der Waals surface area contributed by atoms with E-state index in [1.807, 2.05) is 31.2 Å². The first kappa shape index (κ1) is 11.6. The summed E-state index contributed by atoms with van der Waals surface area (Å²) in [4.78, 5) is 12.0. The van der Waals surface area contributed by atoms with Crippen molar-refractivity contribution in [2.24, 2.45) is 5.41 Å². The SMILES string of the molecule is CCC1(C(=O)Nc2ccc(Br)cc2)COC1. The second-order valence-electron chi connectivity index (χ2n) is 4.09. The molecule has 1 heterocycles. The van der Waals surface area contributed by atoms with Gasteiger partial charge in [0.05, 0.1) is 18.6 Å². The summed E-state index contributed by atoms with van der Waals surface area (Å²) < 4.78 is 6.14. The predicted octanol–water partition coefficient (Wildman–Crippen LogP) is 2.81. The van der Waals surface area contributed by atoms with Gasteiger partial charge in [0.25, 0.3) is 0 Å². The van der Waals surface area contributed by atoms with Gasteiger partial charge in [-0.25, -0.2) is 0 Å². The van der Waals surface area contributed by atoms with E-state index in [4.69, 9.17) is 4.74 Å². The van der Waals surface area contributed by atoms with Crippen LogP contribution in [0.5, 0.6) is 0 Å². The maximum Gasteiger partial charge on any atom is 0.235 e. The topological polar surface area (TPSA) is 38.3 Å². The third-order valence-corrected chi connectivity index (χ3v) is 3.55. The van der Waals surface area contributed by atoms with E-state index in [0.717, 1.165) is 16.6 Å². The third-order valence-electron chi connectivity index (χ3n) is 3.02. The number of amides is 1. The molecule has 0 radical (unpaired) electrons. The van der Waals surface area contributed by atoms with E-state index in [2.05, 4.69) is 21.2 Å². The Morgan fingerprint density at radius 2 is 2.06 bits per heavy atom. The lowest BCUT2D eigenvalue weighted by molar-refractivity contribution is -0.156. The van der Waals surface area contributed by atoms with Gasteiger partial charge in [0.1, 0.15) is 0 Å². The van der Waals surface area contributed by atoms with Crippen LogP contribution >= 0.6 is 15.9 Å². The molecule has 0 saturated carbocycles. The number of nitrogens with one attached hydrogen (secondary N) is 1. The first-order valence-corrected chi connectivity index (χ1v) is 6.10. The van der Waals surface area contributed by atoms with Crippen molar-refractivity contribution in [3.63, 3.8) is 0 Å². The molecule has 1 aliphatic heterocycles. The second kappa shape index (κ2) is 4.55. The molecule has 16 heavy (non-hydrogen) atoms. The van der Waals surface area contributed by atoms with Crippen molar-refractivity contribution < 1.29 is 9.53 Å². The third kappa shape index (κ3) is 2.13. The minimum absolute atomic E-state index is 0.0589. The predicted molar refractivity (Wildman–Crippen MR) is 66.3 cm³/mol. The molecule has 1 fully saturated rings. The van der Waals surface area contributed by atoms with E-state index < -0.39 is 0 Å². The van der Waals surface area contributed by atoms with Crippen LogP contribution in [0.2, 0.25) is 0 Å². The number of hydrogen-bond acceptors (Lipinski definition) is 2. The molecule has 2 rings (SSSR count). The number of halogens is 1. The Kier molecular flexibility index (Phi) is 3.30. The van der Waals surface area contributed by atoms with E-state index >= 15 is 0 Å². The molecule has 3 nitrogen and oxygen atoms in total. The molecule has 1 N–H and O–H groups in total. The summed E-state index contributed by atoms with van der Waals surface area (Å²) in [6.45, 7) is 3.08. The highest BCUT2D eigenvalue weighted by molar-refractivity contribution is 9.10. The first-order chi connectivity index (χ1) is 7.66. The van der Waals surface area contributed by atoms with Gasteiger partial charge in [0.2, 0.25) is 5.91 Å². The Balaban J connectivity index is 2.04. The van der Waals surface area contributed by atoms with Crippen LogP contribution in [-0.2, 0) is 9.53 Å². The highest BCUT2D eigenvalue weighted by atomic mass is 79.9. The normalized spacial score (nSPS) is 17.6. The van der Waals surface area contributed by atoms with Crippen molar-refractivity contribution in [1.82, 2.24) is 0 Å². The summed E-state index contributed by atoms with van der Waals surface area (Å²) in [5.74, 6) is 0.0589. The molecule has 1 saturated heterocycles. The molecule has 0 aromatic heterocycles. The average Bonchev–Trinajstić information content (AvgIpc) is 2.21. The van der Waals surface area contributed by atoms with Gasteiger partial charge in [0, 0.05) is 10.2 Å². The number of carbonyl (C=O) groups is 1. The van der Waals surface area contributed by atoms with E-state index in [0.29, 0.717) is 13.2 Å². The first-order valence-electron chi connectivity index (χ1n) is 5.31. The Labute approximate surface area is 103 Å². The van der Waals surface area contributed by atoms with Gasteiger partial charge in [-0.15, -0.1) is 0 Å². The standard InChI is InChI=1S/C12H14BrNO2/c1-2-12(7-16-8-12)11(15)14-10-5-3-9(13)4-6-10/h3-6H,2,7-8H2,1H3,(H,14,15). The minimum Gasteiger partial charge on any atom is -0.379 e. The molecular weight excluding hydrogens is 270 g/mol. The fraction of sp³-hybridized carbons (Fsp3) is 0.417. The summed E-state index contributed by atoms with van der Waals surface area (Å²) >= 11 is 3.36. The van der Waals surface area contributed by atoms with Crippen LogP contribution in [-0.4, -0.2) is 19.1 Å². The lowest BCUT2D eigenvalue weighted by Gasteiger charge is -2.38. The molecule has 4 heteroatoms. The molecule has 1 amide bonds. The monoisotopic (exact) mass is 283 g/mol. The molecule has 86 valence electrons. The van der Waals surface area contributed by atoms with Crippen LogP contribution in [0.4, 0.5) is 5.69 Å². The van der Waals surface area contributed by atoms with Crippen molar-refractivity contribution >= 4 is 27.5 Å². The smallest absolute Gasteiger partial charge is 0.235 e. The lowest BCUT2D eigenvalue weighted by Crippen LogP contribution is -2.51. The van der Waals surface area contributed by atoms with Crippen LogP contribution < -0.4 is 5.32 Å². The lowest BCUT2D eigenvalue weighted by atomic mass is 9.82. The number of hydrogen-bond donors (Lipinski definition) is 1. The van der Waals surface area contributed by atoms with Crippen molar-refractivity contribution in [3.8, 4) is 0 Å². The van der Waals surface area contributed by atoms with Crippen LogP contribution in [0.3, 0.4) is 0 Å². The number of benzene rings is 1. The van der Waals surface area contributed by atoms with Crippen molar-refractivity contribution in [3.05, 3.63) is 28.7 Å². The van der Waals surface area contributed by atoms with Crippen LogP contribution in [0.1, 0.15) is 13.3 Å². The quantitative estimate of drug-likeness (QED) is 0.926. The van der Waals surface area contributed by atoms with Crippen molar-refractivity contribution in [2.75, 3.05) is 18.5 Å². The van der Waals surface area contributed by atoms with Gasteiger partial charge in [-0.3, -0.25) is 4.79 Å². The largest absolute Gasteiger partial charge is 0.379 e. The summed E-state index contributed by atoms with van der Waals surface area (Å²) in [7, 11) is 0. The fourth-order valence-electron chi connectivity index (χ4n) is 1.64. The average molecular weight is 284 g/mol. The summed E-state index contributed by atoms with van der Waals surface area (Å²) in [6.07, 6.45) is 0.815. The van der Waals surface area contributed by atoms with Crippen LogP contribution in [0.15, 0.2) is 28.7 Å². The highest BCUT2D eigenvalue weighted by Gasteiger charge is 2.44. The number of carbonyl (C=O) groups excluding carboxylic acids is 1.